The Balaban J connectivity index is 1.52. The number of hydrogen-bond acceptors (Lipinski definition) is 6. The lowest BCUT2D eigenvalue weighted by Gasteiger charge is -2.36. The lowest BCUT2D eigenvalue weighted by atomic mass is 10.1. The SMILES string of the molecule is Cc1cc(-c2ccc(S(=O)(=O)N3CCC4(CC3)OCCO4)s2)n[nH]1. The van der Waals surface area contributed by atoms with E-state index in [0.29, 0.717) is 43.4 Å². The molecule has 2 aromatic heterocycles. The molecule has 2 aromatic rings. The van der Waals surface area contributed by atoms with Gasteiger partial charge < -0.3 is 9.47 Å². The minimum Gasteiger partial charge on any atom is -0.347 e. The van der Waals surface area contributed by atoms with Gasteiger partial charge in [0.1, 0.15) is 9.90 Å². The second-order valence-electron chi connectivity index (χ2n) is 6.07. The number of sulfonamides is 1. The molecule has 4 heterocycles. The van der Waals surface area contributed by atoms with Crippen molar-refractivity contribution in [2.24, 2.45) is 0 Å². The summed E-state index contributed by atoms with van der Waals surface area (Å²) in [6.45, 7) is 3.92. The van der Waals surface area contributed by atoms with Crippen molar-refractivity contribution in [1.29, 1.82) is 0 Å². The molecule has 0 aromatic carbocycles. The van der Waals surface area contributed by atoms with E-state index in [0.717, 1.165) is 16.3 Å². The van der Waals surface area contributed by atoms with Crippen LogP contribution in [0.2, 0.25) is 0 Å². The number of thiophene rings is 1. The van der Waals surface area contributed by atoms with Crippen LogP contribution in [-0.4, -0.2) is 55.0 Å². The van der Waals surface area contributed by atoms with E-state index in [2.05, 4.69) is 10.2 Å². The van der Waals surface area contributed by atoms with Crippen LogP contribution >= 0.6 is 11.3 Å². The van der Waals surface area contributed by atoms with Crippen LogP contribution in [0.3, 0.4) is 0 Å². The molecule has 1 spiro atoms. The van der Waals surface area contributed by atoms with E-state index in [1.807, 2.05) is 19.1 Å². The van der Waals surface area contributed by atoms with Crippen molar-refractivity contribution in [2.45, 2.75) is 29.8 Å². The van der Waals surface area contributed by atoms with Crippen LogP contribution < -0.4 is 0 Å². The molecule has 2 fully saturated rings. The van der Waals surface area contributed by atoms with Gasteiger partial charge in [0.25, 0.3) is 10.0 Å². The molecular formula is C15H19N3O4S2. The number of nitrogens with one attached hydrogen (secondary N) is 1. The summed E-state index contributed by atoms with van der Waals surface area (Å²) in [6, 6.07) is 5.37. The zero-order valence-corrected chi connectivity index (χ0v) is 15.0. The van der Waals surface area contributed by atoms with Gasteiger partial charge in [-0.3, -0.25) is 5.10 Å². The Morgan fingerprint density at radius 1 is 1.25 bits per heavy atom. The molecule has 0 radical (unpaired) electrons. The highest BCUT2D eigenvalue weighted by molar-refractivity contribution is 7.91. The van der Waals surface area contributed by atoms with Gasteiger partial charge in [-0.1, -0.05) is 0 Å². The molecule has 2 aliphatic heterocycles. The highest BCUT2D eigenvalue weighted by Gasteiger charge is 2.42. The Morgan fingerprint density at radius 3 is 2.58 bits per heavy atom. The van der Waals surface area contributed by atoms with E-state index in [9.17, 15) is 8.42 Å². The lowest BCUT2D eigenvalue weighted by Crippen LogP contribution is -2.47. The first kappa shape index (κ1) is 16.2. The van der Waals surface area contributed by atoms with Crippen molar-refractivity contribution < 1.29 is 17.9 Å². The molecule has 9 heteroatoms. The number of piperidine rings is 1. The van der Waals surface area contributed by atoms with Crippen molar-refractivity contribution in [1.82, 2.24) is 14.5 Å². The summed E-state index contributed by atoms with van der Waals surface area (Å²) in [5, 5.41) is 7.06. The summed E-state index contributed by atoms with van der Waals surface area (Å²) >= 11 is 1.25. The molecule has 0 unspecified atom stereocenters. The van der Waals surface area contributed by atoms with E-state index in [1.54, 1.807) is 6.07 Å². The molecule has 130 valence electrons. The highest BCUT2D eigenvalue weighted by atomic mass is 32.2. The maximum absolute atomic E-state index is 12.9. The first-order valence-corrected chi connectivity index (χ1v) is 10.1. The fraction of sp³-hybridized carbons (Fsp3) is 0.533. The Hall–Kier alpha value is -1.26. The topological polar surface area (TPSA) is 84.5 Å². The highest BCUT2D eigenvalue weighted by Crippen LogP contribution is 2.36. The predicted octanol–water partition coefficient (Wildman–Crippen LogP) is 1.97. The minimum absolute atomic E-state index is 0.349. The number of aryl methyl sites for hydroxylation is 1. The van der Waals surface area contributed by atoms with Gasteiger partial charge in [-0.05, 0) is 25.1 Å². The number of H-pyrrole nitrogens is 1. The molecule has 2 saturated heterocycles. The third-order valence-electron chi connectivity index (χ3n) is 4.43. The fourth-order valence-electron chi connectivity index (χ4n) is 3.12. The summed E-state index contributed by atoms with van der Waals surface area (Å²) in [7, 11) is -3.49. The Bertz CT molecular complexity index is 827. The number of aromatic nitrogens is 2. The van der Waals surface area contributed by atoms with Crippen LogP contribution in [0.5, 0.6) is 0 Å². The second kappa shape index (κ2) is 5.92. The van der Waals surface area contributed by atoms with Crippen molar-refractivity contribution >= 4 is 21.4 Å². The third-order valence-corrected chi connectivity index (χ3v) is 7.91. The molecule has 4 rings (SSSR count). The van der Waals surface area contributed by atoms with Crippen molar-refractivity contribution in [2.75, 3.05) is 26.3 Å². The Morgan fingerprint density at radius 2 is 1.96 bits per heavy atom. The Labute approximate surface area is 144 Å². The van der Waals surface area contributed by atoms with Gasteiger partial charge in [-0.25, -0.2) is 8.42 Å². The summed E-state index contributed by atoms with van der Waals surface area (Å²) < 4.78 is 38.9. The summed E-state index contributed by atoms with van der Waals surface area (Å²) in [5.41, 5.74) is 1.71. The summed E-state index contributed by atoms with van der Waals surface area (Å²) in [5.74, 6) is -0.570. The average Bonchev–Trinajstić information content (AvgIpc) is 3.28. The number of nitrogens with zero attached hydrogens (tertiary/aromatic N) is 2. The van der Waals surface area contributed by atoms with Gasteiger partial charge in [0, 0.05) is 31.6 Å². The predicted molar refractivity (Wildman–Crippen MR) is 89.3 cm³/mol. The molecule has 0 bridgehead atoms. The van der Waals surface area contributed by atoms with E-state index >= 15 is 0 Å². The van der Waals surface area contributed by atoms with Gasteiger partial charge in [-0.15, -0.1) is 11.3 Å². The smallest absolute Gasteiger partial charge is 0.252 e. The maximum atomic E-state index is 12.9. The van der Waals surface area contributed by atoms with Crippen molar-refractivity contribution in [3.63, 3.8) is 0 Å². The van der Waals surface area contributed by atoms with Crippen LogP contribution in [-0.2, 0) is 19.5 Å². The molecule has 7 nitrogen and oxygen atoms in total. The first-order valence-electron chi connectivity index (χ1n) is 7.89. The lowest BCUT2D eigenvalue weighted by molar-refractivity contribution is -0.179. The van der Waals surface area contributed by atoms with E-state index in [-0.39, 0.29) is 0 Å². The molecule has 0 saturated carbocycles. The van der Waals surface area contributed by atoms with Crippen LogP contribution in [0, 0.1) is 6.92 Å². The first-order chi connectivity index (χ1) is 11.5. The van der Waals surface area contributed by atoms with Gasteiger partial charge in [0.15, 0.2) is 5.79 Å². The van der Waals surface area contributed by atoms with E-state index in [1.165, 1.54) is 15.6 Å². The normalized spacial score (nSPS) is 21.5. The van der Waals surface area contributed by atoms with Gasteiger partial charge in [0.05, 0.1) is 18.1 Å². The molecule has 0 atom stereocenters. The molecule has 24 heavy (non-hydrogen) atoms. The number of ether oxygens (including phenoxy) is 2. The molecular weight excluding hydrogens is 350 g/mol. The van der Waals surface area contributed by atoms with Crippen LogP contribution in [0.15, 0.2) is 22.4 Å². The van der Waals surface area contributed by atoms with E-state index in [4.69, 9.17) is 9.47 Å². The zero-order valence-electron chi connectivity index (χ0n) is 13.3. The zero-order chi connectivity index (χ0) is 16.8. The number of hydrogen-bond donors (Lipinski definition) is 1. The molecule has 1 N–H and O–H groups in total. The number of rotatable bonds is 3. The third kappa shape index (κ3) is 2.80. The average molecular weight is 369 g/mol. The van der Waals surface area contributed by atoms with E-state index < -0.39 is 15.8 Å². The van der Waals surface area contributed by atoms with Crippen LogP contribution in [0.4, 0.5) is 0 Å². The fourth-order valence-corrected chi connectivity index (χ4v) is 5.98. The number of aromatic amines is 1. The minimum atomic E-state index is -3.49. The van der Waals surface area contributed by atoms with Crippen LogP contribution in [0.1, 0.15) is 18.5 Å². The Kier molecular flexibility index (Phi) is 4.00. The standard InChI is InChI=1S/C15H19N3O4S2/c1-11-10-12(17-16-11)13-2-3-14(23-13)24(19,20)18-6-4-15(5-7-18)21-8-9-22-15/h2-3,10H,4-9H2,1H3,(H,16,17). The largest absolute Gasteiger partial charge is 0.347 e. The van der Waals surface area contributed by atoms with Crippen molar-refractivity contribution in [3.05, 3.63) is 23.9 Å². The van der Waals surface area contributed by atoms with Gasteiger partial charge in [-0.2, -0.15) is 9.40 Å². The molecule has 2 aliphatic rings. The molecule has 0 aliphatic carbocycles. The second-order valence-corrected chi connectivity index (χ2v) is 9.32. The van der Waals surface area contributed by atoms with Gasteiger partial charge in [0.2, 0.25) is 0 Å². The maximum Gasteiger partial charge on any atom is 0.252 e. The summed E-state index contributed by atoms with van der Waals surface area (Å²) in [4.78, 5) is 0.842. The van der Waals surface area contributed by atoms with Crippen molar-refractivity contribution in [3.8, 4) is 10.6 Å². The monoisotopic (exact) mass is 369 g/mol. The molecule has 0 amide bonds. The van der Waals surface area contributed by atoms with Crippen LogP contribution in [0.25, 0.3) is 10.6 Å². The summed E-state index contributed by atoms with van der Waals surface area (Å²) in [6.07, 6.45) is 1.14. The van der Waals surface area contributed by atoms with Gasteiger partial charge >= 0.3 is 0 Å². The quantitative estimate of drug-likeness (QED) is 0.894.